The van der Waals surface area contributed by atoms with Crippen molar-refractivity contribution >= 4 is 22.2 Å². The van der Waals surface area contributed by atoms with E-state index in [0.29, 0.717) is 18.0 Å². The smallest absolute Gasteiger partial charge is 0.123 e. The van der Waals surface area contributed by atoms with Gasteiger partial charge in [0.2, 0.25) is 0 Å². The van der Waals surface area contributed by atoms with E-state index in [1.807, 2.05) is 25.1 Å². The Morgan fingerprint density at radius 2 is 2.17 bits per heavy atom. The van der Waals surface area contributed by atoms with E-state index in [0.717, 1.165) is 17.9 Å². The first-order valence-corrected chi connectivity index (χ1v) is 7.84. The number of nitrogen functional groups attached to an aromatic ring is 1. The molecule has 0 heterocycles. The number of rotatable bonds is 7. The van der Waals surface area contributed by atoms with E-state index < -0.39 is 10.8 Å². The normalized spacial score (nSPS) is 13.9. The summed E-state index contributed by atoms with van der Waals surface area (Å²) >= 11 is 0. The van der Waals surface area contributed by atoms with Gasteiger partial charge in [0.05, 0.1) is 6.61 Å². The summed E-state index contributed by atoms with van der Waals surface area (Å²) in [6.45, 7) is 4.73. The number of benzene rings is 1. The molecule has 5 heteroatoms. The summed E-state index contributed by atoms with van der Waals surface area (Å²) in [7, 11) is -0.810. The van der Waals surface area contributed by atoms with Crippen LogP contribution in [0.2, 0.25) is 0 Å². The number of ether oxygens (including phenoxy) is 1. The van der Waals surface area contributed by atoms with E-state index in [1.54, 1.807) is 6.26 Å². The standard InChI is InChI=1S/C13H22N2O2S/c1-4-5-17-13-7-11(14)6-12(8-13)15-10(2)9-18(3)16/h6-8,10,15H,4-5,9,14H2,1-3H3. The average molecular weight is 270 g/mol. The Morgan fingerprint density at radius 3 is 2.78 bits per heavy atom. The molecular formula is C13H22N2O2S. The van der Waals surface area contributed by atoms with Crippen LogP contribution < -0.4 is 15.8 Å². The Kier molecular flexibility index (Phi) is 5.98. The molecule has 102 valence electrons. The van der Waals surface area contributed by atoms with Gasteiger partial charge >= 0.3 is 0 Å². The van der Waals surface area contributed by atoms with E-state index in [4.69, 9.17) is 10.5 Å². The summed E-state index contributed by atoms with van der Waals surface area (Å²) in [5, 5.41) is 3.28. The minimum Gasteiger partial charge on any atom is -0.493 e. The molecule has 0 aliphatic heterocycles. The van der Waals surface area contributed by atoms with Crippen molar-refractivity contribution in [2.75, 3.05) is 29.7 Å². The van der Waals surface area contributed by atoms with Gasteiger partial charge in [-0.1, -0.05) is 6.92 Å². The third-order valence-electron chi connectivity index (χ3n) is 2.30. The molecule has 1 rings (SSSR count). The Balaban J connectivity index is 2.69. The molecule has 18 heavy (non-hydrogen) atoms. The van der Waals surface area contributed by atoms with E-state index in [9.17, 15) is 4.21 Å². The Bertz CT molecular complexity index is 410. The van der Waals surface area contributed by atoms with E-state index >= 15 is 0 Å². The third-order valence-corrected chi connectivity index (χ3v) is 3.27. The second-order valence-electron chi connectivity index (χ2n) is 4.42. The molecule has 0 aromatic heterocycles. The van der Waals surface area contributed by atoms with Crippen LogP contribution in [0.4, 0.5) is 11.4 Å². The summed E-state index contributed by atoms with van der Waals surface area (Å²) < 4.78 is 16.7. The predicted molar refractivity (Wildman–Crippen MR) is 78.7 cm³/mol. The second kappa shape index (κ2) is 7.26. The van der Waals surface area contributed by atoms with Crippen molar-refractivity contribution in [1.29, 1.82) is 0 Å². The fourth-order valence-electron chi connectivity index (χ4n) is 1.69. The first-order valence-electron chi connectivity index (χ1n) is 6.11. The lowest BCUT2D eigenvalue weighted by Crippen LogP contribution is -2.22. The first kappa shape index (κ1) is 14.8. The summed E-state index contributed by atoms with van der Waals surface area (Å²) in [6, 6.07) is 5.72. The van der Waals surface area contributed by atoms with Gasteiger partial charge < -0.3 is 15.8 Å². The van der Waals surface area contributed by atoms with E-state index in [2.05, 4.69) is 12.2 Å². The van der Waals surface area contributed by atoms with Crippen molar-refractivity contribution in [2.45, 2.75) is 26.3 Å². The van der Waals surface area contributed by atoms with Crippen LogP contribution in [0.1, 0.15) is 20.3 Å². The number of hydrogen-bond acceptors (Lipinski definition) is 4. The highest BCUT2D eigenvalue weighted by Gasteiger charge is 2.06. The molecule has 0 fully saturated rings. The zero-order valence-electron chi connectivity index (χ0n) is 11.2. The van der Waals surface area contributed by atoms with Crippen molar-refractivity contribution in [3.8, 4) is 5.75 Å². The van der Waals surface area contributed by atoms with Gasteiger partial charge in [-0.15, -0.1) is 0 Å². The largest absolute Gasteiger partial charge is 0.493 e. The lowest BCUT2D eigenvalue weighted by molar-refractivity contribution is 0.318. The maximum Gasteiger partial charge on any atom is 0.123 e. The lowest BCUT2D eigenvalue weighted by atomic mass is 10.2. The van der Waals surface area contributed by atoms with Gasteiger partial charge in [0, 0.05) is 52.4 Å². The highest BCUT2D eigenvalue weighted by Crippen LogP contribution is 2.23. The van der Waals surface area contributed by atoms with Crippen molar-refractivity contribution in [3.63, 3.8) is 0 Å². The third kappa shape index (κ3) is 5.40. The monoisotopic (exact) mass is 270 g/mol. The molecule has 0 amide bonds. The maximum atomic E-state index is 11.1. The van der Waals surface area contributed by atoms with Crippen molar-refractivity contribution in [1.82, 2.24) is 0 Å². The topological polar surface area (TPSA) is 64.3 Å². The van der Waals surface area contributed by atoms with Gasteiger partial charge in [-0.2, -0.15) is 0 Å². The second-order valence-corrected chi connectivity index (χ2v) is 5.90. The van der Waals surface area contributed by atoms with Crippen LogP contribution >= 0.6 is 0 Å². The zero-order chi connectivity index (χ0) is 13.5. The molecule has 0 aliphatic carbocycles. The Labute approximate surface area is 111 Å². The molecule has 0 bridgehead atoms. The fraction of sp³-hybridized carbons (Fsp3) is 0.538. The molecule has 2 atom stereocenters. The van der Waals surface area contributed by atoms with Crippen LogP contribution in [0.15, 0.2) is 18.2 Å². The molecule has 1 aromatic rings. The summed E-state index contributed by atoms with van der Waals surface area (Å²) in [5.74, 6) is 1.38. The van der Waals surface area contributed by atoms with E-state index in [1.165, 1.54) is 0 Å². The molecule has 0 saturated heterocycles. The minimum atomic E-state index is -0.810. The van der Waals surface area contributed by atoms with Crippen LogP contribution in [0.5, 0.6) is 5.75 Å². The molecule has 2 unspecified atom stereocenters. The van der Waals surface area contributed by atoms with Crippen LogP contribution in [0, 0.1) is 0 Å². The average Bonchev–Trinajstić information content (AvgIpc) is 2.24. The highest BCUT2D eigenvalue weighted by atomic mass is 32.2. The van der Waals surface area contributed by atoms with Gasteiger partial charge in [0.1, 0.15) is 5.75 Å². The van der Waals surface area contributed by atoms with Gasteiger partial charge in [0.25, 0.3) is 0 Å². The molecule has 0 aliphatic rings. The molecule has 0 spiro atoms. The van der Waals surface area contributed by atoms with Crippen LogP contribution in [0.25, 0.3) is 0 Å². The first-order chi connectivity index (χ1) is 8.51. The van der Waals surface area contributed by atoms with Crippen LogP contribution in [0.3, 0.4) is 0 Å². The quantitative estimate of drug-likeness (QED) is 0.746. The summed E-state index contributed by atoms with van der Waals surface area (Å²) in [4.78, 5) is 0. The molecule has 4 nitrogen and oxygen atoms in total. The van der Waals surface area contributed by atoms with Gasteiger partial charge in [0.15, 0.2) is 0 Å². The predicted octanol–water partition coefficient (Wildman–Crippen LogP) is 2.24. The Morgan fingerprint density at radius 1 is 1.44 bits per heavy atom. The maximum absolute atomic E-state index is 11.1. The Hall–Kier alpha value is -1.23. The molecule has 0 saturated carbocycles. The highest BCUT2D eigenvalue weighted by molar-refractivity contribution is 7.84. The van der Waals surface area contributed by atoms with Gasteiger partial charge in [-0.3, -0.25) is 4.21 Å². The fourth-order valence-corrected chi connectivity index (χ4v) is 2.47. The molecule has 0 radical (unpaired) electrons. The van der Waals surface area contributed by atoms with Gasteiger partial charge in [-0.05, 0) is 19.4 Å². The van der Waals surface area contributed by atoms with Crippen LogP contribution in [-0.4, -0.2) is 28.9 Å². The van der Waals surface area contributed by atoms with Gasteiger partial charge in [-0.25, -0.2) is 0 Å². The van der Waals surface area contributed by atoms with Crippen molar-refractivity contribution in [3.05, 3.63) is 18.2 Å². The molecule has 3 N–H and O–H groups in total. The van der Waals surface area contributed by atoms with Crippen LogP contribution in [-0.2, 0) is 10.8 Å². The SMILES string of the molecule is CCCOc1cc(N)cc(NC(C)CS(C)=O)c1. The number of hydrogen-bond donors (Lipinski definition) is 2. The number of anilines is 2. The van der Waals surface area contributed by atoms with E-state index in [-0.39, 0.29) is 6.04 Å². The lowest BCUT2D eigenvalue weighted by Gasteiger charge is -2.15. The minimum absolute atomic E-state index is 0.136. The number of nitrogens with one attached hydrogen (secondary N) is 1. The molecule has 1 aromatic carbocycles. The number of nitrogens with two attached hydrogens (primary N) is 1. The molecular weight excluding hydrogens is 248 g/mol. The zero-order valence-corrected chi connectivity index (χ0v) is 12.0. The van der Waals surface area contributed by atoms with Crippen molar-refractivity contribution in [2.24, 2.45) is 0 Å². The summed E-state index contributed by atoms with van der Waals surface area (Å²) in [5.41, 5.74) is 7.39. The van der Waals surface area contributed by atoms with Crippen molar-refractivity contribution < 1.29 is 8.95 Å². The summed E-state index contributed by atoms with van der Waals surface area (Å²) in [6.07, 6.45) is 2.66.